The number of nitrogens with one attached hydrogen (secondary N) is 1. The topological polar surface area (TPSA) is 49.4 Å². The van der Waals surface area contributed by atoms with Crippen molar-refractivity contribution in [3.05, 3.63) is 35.6 Å². The Morgan fingerprint density at radius 3 is 2.62 bits per heavy atom. The Morgan fingerprint density at radius 2 is 2.05 bits per heavy atom. The summed E-state index contributed by atoms with van der Waals surface area (Å²) in [6.45, 7) is 3.74. The summed E-state index contributed by atoms with van der Waals surface area (Å²) in [6.07, 6.45) is 3.94. The third-order valence-electron chi connectivity index (χ3n) is 3.92. The summed E-state index contributed by atoms with van der Waals surface area (Å²) in [7, 11) is -3.18. The molecule has 1 heterocycles. The maximum absolute atomic E-state index is 13.1. The van der Waals surface area contributed by atoms with Crippen LogP contribution in [0.2, 0.25) is 0 Å². The number of nitrogens with zero attached hydrogens (tertiary/aromatic N) is 1. The van der Waals surface area contributed by atoms with Crippen molar-refractivity contribution in [2.24, 2.45) is 0 Å². The lowest BCUT2D eigenvalue weighted by Gasteiger charge is -2.38. The SMILES string of the molecule is CC[C@H](c1ccc(F)cc1)N1CCC[C@H](NS(C)(=O)=O)C1. The molecule has 2 rings (SSSR count). The van der Waals surface area contributed by atoms with Crippen molar-refractivity contribution >= 4 is 10.0 Å². The molecule has 1 saturated heterocycles. The Bertz CT molecular complexity index is 560. The van der Waals surface area contributed by atoms with Crippen molar-refractivity contribution in [3.8, 4) is 0 Å². The molecule has 0 saturated carbocycles. The van der Waals surface area contributed by atoms with Gasteiger partial charge in [0, 0.05) is 18.6 Å². The van der Waals surface area contributed by atoms with Crippen molar-refractivity contribution in [3.63, 3.8) is 0 Å². The number of piperidine rings is 1. The smallest absolute Gasteiger partial charge is 0.208 e. The number of sulfonamides is 1. The number of benzene rings is 1. The first-order valence-electron chi connectivity index (χ1n) is 7.36. The van der Waals surface area contributed by atoms with Gasteiger partial charge in [0.1, 0.15) is 5.82 Å². The van der Waals surface area contributed by atoms with Crippen LogP contribution >= 0.6 is 0 Å². The fourth-order valence-electron chi connectivity index (χ4n) is 3.08. The Morgan fingerprint density at radius 1 is 1.38 bits per heavy atom. The van der Waals surface area contributed by atoms with Gasteiger partial charge in [0.15, 0.2) is 0 Å². The standard InChI is InChI=1S/C15H23FN2O2S/c1-3-15(12-6-8-13(16)9-7-12)18-10-4-5-14(11-18)17-21(2,19)20/h6-9,14-15,17H,3-5,10-11H2,1-2H3/t14-,15+/m0/s1. The third-order valence-corrected chi connectivity index (χ3v) is 4.68. The molecule has 0 aromatic heterocycles. The van der Waals surface area contributed by atoms with E-state index in [0.29, 0.717) is 6.54 Å². The van der Waals surface area contributed by atoms with E-state index < -0.39 is 10.0 Å². The molecule has 1 N–H and O–H groups in total. The van der Waals surface area contributed by atoms with E-state index in [1.165, 1.54) is 18.4 Å². The highest BCUT2D eigenvalue weighted by Crippen LogP contribution is 2.27. The first-order chi connectivity index (χ1) is 9.89. The normalized spacial score (nSPS) is 22.1. The van der Waals surface area contributed by atoms with Crippen LogP contribution in [0.5, 0.6) is 0 Å². The molecule has 1 aromatic rings. The van der Waals surface area contributed by atoms with Gasteiger partial charge in [-0.1, -0.05) is 19.1 Å². The van der Waals surface area contributed by atoms with Crippen LogP contribution in [0.3, 0.4) is 0 Å². The monoisotopic (exact) mass is 314 g/mol. The predicted octanol–water partition coefficient (Wildman–Crippen LogP) is 2.29. The highest BCUT2D eigenvalue weighted by Gasteiger charge is 2.27. The van der Waals surface area contributed by atoms with Crippen LogP contribution in [0, 0.1) is 5.82 Å². The van der Waals surface area contributed by atoms with Crippen LogP contribution in [-0.2, 0) is 10.0 Å². The Kier molecular flexibility index (Phi) is 5.35. The molecule has 0 unspecified atom stereocenters. The van der Waals surface area contributed by atoms with Gasteiger partial charge in [-0.05, 0) is 43.5 Å². The summed E-state index contributed by atoms with van der Waals surface area (Å²) in [6, 6.07) is 6.76. The maximum Gasteiger partial charge on any atom is 0.208 e. The second-order valence-electron chi connectivity index (χ2n) is 5.70. The number of rotatable bonds is 5. The van der Waals surface area contributed by atoms with Crippen molar-refractivity contribution in [2.75, 3.05) is 19.3 Å². The second kappa shape index (κ2) is 6.85. The quantitative estimate of drug-likeness (QED) is 0.907. The van der Waals surface area contributed by atoms with Crippen molar-refractivity contribution in [2.45, 2.75) is 38.3 Å². The van der Waals surface area contributed by atoms with Crippen LogP contribution in [0.25, 0.3) is 0 Å². The Hall–Kier alpha value is -0.980. The maximum atomic E-state index is 13.1. The fourth-order valence-corrected chi connectivity index (χ4v) is 3.88. The third kappa shape index (κ3) is 4.76. The summed E-state index contributed by atoms with van der Waals surface area (Å²) < 4.78 is 38.5. The molecule has 2 atom stereocenters. The van der Waals surface area contributed by atoms with Crippen LogP contribution in [0.1, 0.15) is 37.8 Å². The highest BCUT2D eigenvalue weighted by atomic mass is 32.2. The Labute approximate surface area is 126 Å². The molecule has 118 valence electrons. The number of likely N-dealkylation sites (tertiary alicyclic amines) is 1. The van der Waals surface area contributed by atoms with E-state index in [0.717, 1.165) is 31.4 Å². The zero-order chi connectivity index (χ0) is 15.5. The molecular weight excluding hydrogens is 291 g/mol. The van der Waals surface area contributed by atoms with Crippen LogP contribution in [-0.4, -0.2) is 38.7 Å². The average molecular weight is 314 g/mol. The lowest BCUT2D eigenvalue weighted by atomic mass is 9.98. The van der Waals surface area contributed by atoms with Crippen LogP contribution < -0.4 is 4.72 Å². The van der Waals surface area contributed by atoms with Gasteiger partial charge < -0.3 is 0 Å². The molecule has 0 radical (unpaired) electrons. The highest BCUT2D eigenvalue weighted by molar-refractivity contribution is 7.88. The molecule has 4 nitrogen and oxygen atoms in total. The largest absolute Gasteiger partial charge is 0.295 e. The lowest BCUT2D eigenvalue weighted by molar-refractivity contribution is 0.140. The lowest BCUT2D eigenvalue weighted by Crippen LogP contribution is -2.48. The molecule has 1 aliphatic rings. The second-order valence-corrected chi connectivity index (χ2v) is 7.48. The summed E-state index contributed by atoms with van der Waals surface area (Å²) in [5.41, 5.74) is 1.08. The van der Waals surface area contributed by atoms with Gasteiger partial charge in [-0.25, -0.2) is 17.5 Å². The summed E-state index contributed by atoms with van der Waals surface area (Å²) in [4.78, 5) is 2.29. The van der Waals surface area contributed by atoms with E-state index in [9.17, 15) is 12.8 Å². The first-order valence-corrected chi connectivity index (χ1v) is 9.25. The summed E-state index contributed by atoms with van der Waals surface area (Å²) in [5, 5.41) is 0. The van der Waals surface area contributed by atoms with Crippen LogP contribution in [0.4, 0.5) is 4.39 Å². The zero-order valence-corrected chi connectivity index (χ0v) is 13.4. The van der Waals surface area contributed by atoms with Crippen molar-refractivity contribution in [1.82, 2.24) is 9.62 Å². The molecule has 1 aliphatic heterocycles. The molecule has 1 fully saturated rings. The minimum Gasteiger partial charge on any atom is -0.295 e. The minimum atomic E-state index is -3.18. The van der Waals surface area contributed by atoms with E-state index in [1.807, 2.05) is 12.1 Å². The van der Waals surface area contributed by atoms with E-state index in [2.05, 4.69) is 16.5 Å². The van der Waals surface area contributed by atoms with Gasteiger partial charge in [0.2, 0.25) is 10.0 Å². The van der Waals surface area contributed by atoms with Gasteiger partial charge in [-0.15, -0.1) is 0 Å². The van der Waals surface area contributed by atoms with Crippen molar-refractivity contribution in [1.29, 1.82) is 0 Å². The van der Waals surface area contributed by atoms with Gasteiger partial charge >= 0.3 is 0 Å². The number of hydrogen-bond donors (Lipinski definition) is 1. The minimum absolute atomic E-state index is 0.0387. The number of hydrogen-bond acceptors (Lipinski definition) is 3. The van der Waals surface area contributed by atoms with E-state index in [-0.39, 0.29) is 17.9 Å². The average Bonchev–Trinajstić information content (AvgIpc) is 2.40. The fraction of sp³-hybridized carbons (Fsp3) is 0.600. The van der Waals surface area contributed by atoms with Gasteiger partial charge in [0.25, 0.3) is 0 Å². The van der Waals surface area contributed by atoms with E-state index in [1.54, 1.807) is 0 Å². The molecular formula is C15H23FN2O2S. The van der Waals surface area contributed by atoms with E-state index >= 15 is 0 Å². The van der Waals surface area contributed by atoms with Crippen LogP contribution in [0.15, 0.2) is 24.3 Å². The predicted molar refractivity (Wildman–Crippen MR) is 82.0 cm³/mol. The van der Waals surface area contributed by atoms with Gasteiger partial charge in [-0.2, -0.15) is 0 Å². The van der Waals surface area contributed by atoms with Gasteiger partial charge in [-0.3, -0.25) is 4.90 Å². The number of halogens is 1. The molecule has 6 heteroatoms. The van der Waals surface area contributed by atoms with Crippen molar-refractivity contribution < 1.29 is 12.8 Å². The molecule has 1 aromatic carbocycles. The Balaban J connectivity index is 2.09. The molecule has 0 bridgehead atoms. The first kappa shape index (κ1) is 16.4. The van der Waals surface area contributed by atoms with Gasteiger partial charge in [0.05, 0.1) is 6.26 Å². The molecule has 0 amide bonds. The molecule has 0 spiro atoms. The molecule has 21 heavy (non-hydrogen) atoms. The van der Waals surface area contributed by atoms with E-state index in [4.69, 9.17) is 0 Å². The molecule has 0 aliphatic carbocycles. The zero-order valence-electron chi connectivity index (χ0n) is 12.5. The summed E-state index contributed by atoms with van der Waals surface area (Å²) in [5.74, 6) is -0.233. The summed E-state index contributed by atoms with van der Waals surface area (Å²) >= 11 is 0.